The van der Waals surface area contributed by atoms with Crippen LogP contribution in [0.3, 0.4) is 0 Å². The number of rotatable bonds is 5. The van der Waals surface area contributed by atoms with Crippen LogP contribution in [0.1, 0.15) is 12.5 Å². The lowest BCUT2D eigenvalue weighted by molar-refractivity contribution is -0.671. The van der Waals surface area contributed by atoms with Crippen LogP contribution in [0.2, 0.25) is 0 Å². The number of non-ortho nitro benzene ring substituents is 1. The summed E-state index contributed by atoms with van der Waals surface area (Å²) in [5.74, 6) is 0. The second-order valence-corrected chi connectivity index (χ2v) is 11.5. The average molecular weight is 559 g/mol. The molecule has 1 saturated heterocycles. The van der Waals surface area contributed by atoms with E-state index in [1.807, 2.05) is 37.0 Å². The van der Waals surface area contributed by atoms with Crippen molar-refractivity contribution in [3.05, 3.63) is 71.8 Å². The fourth-order valence-corrected chi connectivity index (χ4v) is 3.90. The third-order valence-corrected chi connectivity index (χ3v) is 5.24. The number of nitro groups is 1. The fourth-order valence-electron chi connectivity index (χ4n) is 3.90. The Morgan fingerprint density at radius 3 is 1.89 bits per heavy atom. The summed E-state index contributed by atoms with van der Waals surface area (Å²) in [4.78, 5) is 13.0. The Kier molecular flexibility index (Phi) is 9.91. The minimum atomic E-state index is -3.92. The fraction of sp³-hybridized carbons (Fsp3) is 0.429. The van der Waals surface area contributed by atoms with E-state index in [-0.39, 0.29) is 10.6 Å². The van der Waals surface area contributed by atoms with E-state index in [0.717, 1.165) is 25.2 Å². The van der Waals surface area contributed by atoms with Crippen molar-refractivity contribution in [1.82, 2.24) is 9.13 Å². The molecule has 1 aromatic carbocycles. The van der Waals surface area contributed by atoms with Crippen LogP contribution >= 0.6 is 0 Å². The molecule has 0 spiro atoms. The highest BCUT2D eigenvalue weighted by Gasteiger charge is 2.37. The number of benzene rings is 1. The Balaban J connectivity index is 0.000000412. The van der Waals surface area contributed by atoms with Crippen molar-refractivity contribution in [2.75, 3.05) is 24.0 Å². The van der Waals surface area contributed by atoms with E-state index in [9.17, 15) is 10.1 Å². The summed E-state index contributed by atoms with van der Waals surface area (Å²) >= 11 is 0. The molecule has 16 heteroatoms. The van der Waals surface area contributed by atoms with Gasteiger partial charge in [-0.2, -0.15) is 0 Å². The van der Waals surface area contributed by atoms with Gasteiger partial charge in [0.2, 0.25) is 12.7 Å². The van der Waals surface area contributed by atoms with Gasteiger partial charge in [-0.3, -0.25) is 10.1 Å². The molecule has 0 saturated carbocycles. The Hall–Kier alpha value is -3.34. The van der Waals surface area contributed by atoms with E-state index in [0.29, 0.717) is 24.6 Å². The van der Waals surface area contributed by atoms with Crippen molar-refractivity contribution in [3.8, 4) is 0 Å². The Labute approximate surface area is 215 Å². The highest BCUT2D eigenvalue weighted by molar-refractivity contribution is 7.85. The summed E-state index contributed by atoms with van der Waals surface area (Å²) in [6.07, 6.45) is 14.7. The smallest absolute Gasteiger partial charge is 0.269 e. The molecule has 0 radical (unpaired) electrons. The lowest BCUT2D eigenvalue weighted by Crippen LogP contribution is -2.33. The zero-order valence-electron chi connectivity index (χ0n) is 20.8. The van der Waals surface area contributed by atoms with Crippen molar-refractivity contribution < 1.29 is 40.0 Å². The third-order valence-electron chi connectivity index (χ3n) is 5.24. The molecule has 204 valence electrons. The predicted octanol–water partition coefficient (Wildman–Crippen LogP) is -0.310. The number of hydrogen-bond acceptors (Lipinski definition) is 9. The maximum atomic E-state index is 11.0. The predicted molar refractivity (Wildman–Crippen MR) is 130 cm³/mol. The third kappa shape index (κ3) is 11.1. The van der Waals surface area contributed by atoms with E-state index in [4.69, 9.17) is 25.9 Å². The Morgan fingerprint density at radius 1 is 0.946 bits per heavy atom. The van der Waals surface area contributed by atoms with Crippen LogP contribution in [-0.2, 0) is 40.9 Å². The molecule has 1 fully saturated rings. The molecule has 2 aromatic heterocycles. The zero-order chi connectivity index (χ0) is 28.0. The van der Waals surface area contributed by atoms with Gasteiger partial charge in [0, 0.05) is 36.8 Å². The van der Waals surface area contributed by atoms with Gasteiger partial charge in [0.05, 0.1) is 51.8 Å². The second kappa shape index (κ2) is 12.3. The summed E-state index contributed by atoms with van der Waals surface area (Å²) < 4.78 is 63.0. The van der Waals surface area contributed by atoms with Crippen LogP contribution in [0.4, 0.5) is 11.4 Å². The van der Waals surface area contributed by atoms with Gasteiger partial charge in [-0.15, -0.1) is 0 Å². The molecule has 37 heavy (non-hydrogen) atoms. The van der Waals surface area contributed by atoms with Gasteiger partial charge in [-0.25, -0.2) is 35.1 Å². The molecule has 2 atom stereocenters. The molecule has 1 aliphatic heterocycles. The van der Waals surface area contributed by atoms with Crippen molar-refractivity contribution in [2.24, 2.45) is 14.1 Å². The number of anilines is 1. The van der Waals surface area contributed by atoms with Crippen LogP contribution in [-0.4, -0.2) is 65.1 Å². The van der Waals surface area contributed by atoms with E-state index in [1.165, 1.54) is 0 Å². The molecule has 1 aliphatic rings. The first-order chi connectivity index (χ1) is 17.0. The topological polar surface area (TPSA) is 178 Å². The minimum Gasteiger partial charge on any atom is -0.748 e. The van der Waals surface area contributed by atoms with Crippen molar-refractivity contribution >= 4 is 31.6 Å². The standard InChI is InChI=1S/C19H24N6O2.2CH4O3S/c1-20-7-9-22(14-20)12-19-11-18(23-10-8-21(2)15-23)13-24(19)16-3-5-17(6-4-16)25(26)27;2*1-5(2,3)4/h3-10,14-15,18-19H,11-13H2,1-2H3;2*1H3,(H,2,3,4)/q+2;;/p-2. The van der Waals surface area contributed by atoms with Crippen LogP contribution in [0.5, 0.6) is 0 Å². The van der Waals surface area contributed by atoms with Crippen molar-refractivity contribution in [2.45, 2.75) is 25.0 Å². The van der Waals surface area contributed by atoms with Gasteiger partial charge in [-0.1, -0.05) is 0 Å². The molecular formula is C21H30N6O8S2. The average Bonchev–Trinajstić information content (AvgIpc) is 3.46. The van der Waals surface area contributed by atoms with Crippen LogP contribution in [0.15, 0.2) is 61.7 Å². The van der Waals surface area contributed by atoms with Crippen LogP contribution < -0.4 is 14.0 Å². The number of aryl methyl sites for hydroxylation is 2. The van der Waals surface area contributed by atoms with E-state index in [2.05, 4.69) is 49.8 Å². The van der Waals surface area contributed by atoms with Gasteiger partial charge in [-0.05, 0) is 12.1 Å². The second-order valence-electron chi connectivity index (χ2n) is 8.68. The monoisotopic (exact) mass is 558 g/mol. The van der Waals surface area contributed by atoms with Crippen LogP contribution in [0, 0.1) is 10.1 Å². The Morgan fingerprint density at radius 2 is 1.46 bits per heavy atom. The molecule has 0 bridgehead atoms. The quantitative estimate of drug-likeness (QED) is 0.176. The summed E-state index contributed by atoms with van der Waals surface area (Å²) in [6.45, 7) is 1.76. The van der Waals surface area contributed by atoms with Crippen molar-refractivity contribution in [1.29, 1.82) is 0 Å². The van der Waals surface area contributed by atoms with Gasteiger partial charge < -0.3 is 14.0 Å². The maximum Gasteiger partial charge on any atom is 0.269 e. The molecule has 0 amide bonds. The molecule has 2 unspecified atom stereocenters. The summed E-state index contributed by atoms with van der Waals surface area (Å²) in [5, 5.41) is 11.0. The molecule has 14 nitrogen and oxygen atoms in total. The lowest BCUT2D eigenvalue weighted by atomic mass is 10.1. The maximum absolute atomic E-state index is 11.0. The molecule has 0 aliphatic carbocycles. The summed E-state index contributed by atoms with van der Waals surface area (Å²) in [7, 11) is -3.79. The SMILES string of the molecule is CS(=O)(=O)[O-].CS(=O)(=O)[O-].C[n+]1ccn(CC2CC(n3cc[n+](C)c3)CN2c2ccc([N+](=O)[O-])cc2)c1. The number of aromatic nitrogens is 4. The zero-order valence-corrected chi connectivity index (χ0v) is 22.4. The molecular weight excluding hydrogens is 528 g/mol. The summed E-state index contributed by atoms with van der Waals surface area (Å²) in [5.41, 5.74) is 1.15. The largest absolute Gasteiger partial charge is 0.748 e. The van der Waals surface area contributed by atoms with E-state index in [1.54, 1.807) is 12.1 Å². The normalized spacial score (nSPS) is 17.4. The van der Waals surface area contributed by atoms with Gasteiger partial charge in [0.1, 0.15) is 37.4 Å². The number of imidazole rings is 2. The molecule has 3 heterocycles. The highest BCUT2D eigenvalue weighted by Crippen LogP contribution is 2.33. The Bertz CT molecular complexity index is 1350. The number of hydrogen-bond donors (Lipinski definition) is 0. The van der Waals surface area contributed by atoms with Crippen molar-refractivity contribution in [3.63, 3.8) is 0 Å². The number of nitro benzene ring substituents is 1. The highest BCUT2D eigenvalue weighted by atomic mass is 32.2. The van der Waals surface area contributed by atoms with Gasteiger partial charge in [0.15, 0.2) is 0 Å². The van der Waals surface area contributed by atoms with E-state index < -0.39 is 20.2 Å². The number of nitrogens with zero attached hydrogens (tertiary/aromatic N) is 6. The molecule has 0 N–H and O–H groups in total. The first-order valence-corrected chi connectivity index (χ1v) is 14.5. The molecule has 4 rings (SSSR count). The van der Waals surface area contributed by atoms with Gasteiger partial charge >= 0.3 is 0 Å². The van der Waals surface area contributed by atoms with Gasteiger partial charge in [0.25, 0.3) is 5.69 Å². The first-order valence-electron chi connectivity index (χ1n) is 10.9. The van der Waals surface area contributed by atoms with E-state index >= 15 is 0 Å². The van der Waals surface area contributed by atoms with Crippen LogP contribution in [0.25, 0.3) is 0 Å². The molecule has 3 aromatic rings. The summed E-state index contributed by atoms with van der Waals surface area (Å²) in [6, 6.07) is 7.58. The lowest BCUT2D eigenvalue weighted by Gasteiger charge is -2.24. The first kappa shape index (κ1) is 29.9. The minimum absolute atomic E-state index is 0.126.